The zero-order valence-electron chi connectivity index (χ0n) is 10.4. The molecule has 1 aliphatic rings. The first-order valence-electron chi connectivity index (χ1n) is 6.45. The summed E-state index contributed by atoms with van der Waals surface area (Å²) in [5.74, 6) is -0.587. The van der Waals surface area contributed by atoms with Crippen molar-refractivity contribution in [3.63, 3.8) is 0 Å². The SMILES string of the molecule is C=C(C)CCC1(C(=O)O)CCCCCCC1. The summed E-state index contributed by atoms with van der Waals surface area (Å²) in [5.41, 5.74) is 0.641. The Kier molecular flexibility index (Phi) is 5.04. The molecule has 92 valence electrons. The molecular weight excluding hydrogens is 200 g/mol. The standard InChI is InChI=1S/C14H24O2/c1-12(2)8-11-14(13(15)16)9-6-4-3-5-7-10-14/h1,3-11H2,2H3,(H,15,16). The summed E-state index contributed by atoms with van der Waals surface area (Å²) in [6.07, 6.45) is 9.15. The average Bonchev–Trinajstić information content (AvgIpc) is 2.15. The topological polar surface area (TPSA) is 37.3 Å². The van der Waals surface area contributed by atoms with Crippen molar-refractivity contribution < 1.29 is 9.90 Å². The first-order valence-corrected chi connectivity index (χ1v) is 6.45. The van der Waals surface area contributed by atoms with E-state index in [1.165, 1.54) is 19.3 Å². The molecule has 1 fully saturated rings. The zero-order valence-corrected chi connectivity index (χ0v) is 10.4. The van der Waals surface area contributed by atoms with E-state index < -0.39 is 11.4 Å². The van der Waals surface area contributed by atoms with Crippen LogP contribution in [-0.4, -0.2) is 11.1 Å². The van der Waals surface area contributed by atoms with Crippen LogP contribution in [0.5, 0.6) is 0 Å². The van der Waals surface area contributed by atoms with Crippen molar-refractivity contribution in [2.45, 2.75) is 64.7 Å². The average molecular weight is 224 g/mol. The largest absolute Gasteiger partial charge is 0.481 e. The Morgan fingerprint density at radius 3 is 2.12 bits per heavy atom. The van der Waals surface area contributed by atoms with E-state index in [0.29, 0.717) is 0 Å². The van der Waals surface area contributed by atoms with Gasteiger partial charge in [0.25, 0.3) is 0 Å². The first-order chi connectivity index (χ1) is 7.57. The molecule has 0 aromatic heterocycles. The highest BCUT2D eigenvalue weighted by Crippen LogP contribution is 2.39. The van der Waals surface area contributed by atoms with Crippen LogP contribution >= 0.6 is 0 Å². The van der Waals surface area contributed by atoms with Gasteiger partial charge in [-0.2, -0.15) is 0 Å². The Morgan fingerprint density at radius 1 is 1.19 bits per heavy atom. The van der Waals surface area contributed by atoms with Gasteiger partial charge in [0.05, 0.1) is 5.41 Å². The second-order valence-corrected chi connectivity index (χ2v) is 5.31. The molecule has 16 heavy (non-hydrogen) atoms. The van der Waals surface area contributed by atoms with E-state index in [9.17, 15) is 9.90 Å². The third kappa shape index (κ3) is 3.66. The summed E-state index contributed by atoms with van der Waals surface area (Å²) >= 11 is 0. The van der Waals surface area contributed by atoms with Gasteiger partial charge in [-0.15, -0.1) is 6.58 Å². The van der Waals surface area contributed by atoms with Gasteiger partial charge in [0, 0.05) is 0 Å². The molecule has 0 aliphatic heterocycles. The fraction of sp³-hybridized carbons (Fsp3) is 0.786. The minimum Gasteiger partial charge on any atom is -0.481 e. The van der Waals surface area contributed by atoms with Crippen LogP contribution in [0.25, 0.3) is 0 Å². The maximum Gasteiger partial charge on any atom is 0.309 e. The first kappa shape index (κ1) is 13.3. The molecule has 0 radical (unpaired) electrons. The molecule has 0 bridgehead atoms. The maximum atomic E-state index is 11.5. The Bertz CT molecular complexity index is 247. The molecule has 0 unspecified atom stereocenters. The lowest BCUT2D eigenvalue weighted by molar-refractivity contribution is -0.150. The van der Waals surface area contributed by atoms with Gasteiger partial charge in [-0.1, -0.05) is 37.7 Å². The molecule has 1 saturated carbocycles. The Morgan fingerprint density at radius 2 is 1.69 bits per heavy atom. The molecule has 0 amide bonds. The van der Waals surface area contributed by atoms with Gasteiger partial charge in [-0.05, 0) is 32.6 Å². The van der Waals surface area contributed by atoms with Crippen molar-refractivity contribution >= 4 is 5.97 Å². The van der Waals surface area contributed by atoms with Gasteiger partial charge in [-0.3, -0.25) is 4.79 Å². The van der Waals surface area contributed by atoms with Gasteiger partial charge in [-0.25, -0.2) is 0 Å². The van der Waals surface area contributed by atoms with Crippen molar-refractivity contribution in [2.24, 2.45) is 5.41 Å². The molecule has 0 aromatic rings. The highest BCUT2D eigenvalue weighted by molar-refractivity contribution is 5.74. The monoisotopic (exact) mass is 224 g/mol. The lowest BCUT2D eigenvalue weighted by Crippen LogP contribution is -2.32. The van der Waals surface area contributed by atoms with Crippen LogP contribution in [0.1, 0.15) is 64.7 Å². The minimum atomic E-state index is -0.587. The molecule has 0 spiro atoms. The van der Waals surface area contributed by atoms with Gasteiger partial charge < -0.3 is 5.11 Å². The van der Waals surface area contributed by atoms with E-state index in [2.05, 4.69) is 6.58 Å². The summed E-state index contributed by atoms with van der Waals surface area (Å²) < 4.78 is 0. The molecule has 1 aliphatic carbocycles. The van der Waals surface area contributed by atoms with E-state index in [0.717, 1.165) is 44.1 Å². The molecule has 0 aromatic carbocycles. The van der Waals surface area contributed by atoms with Crippen molar-refractivity contribution in [2.75, 3.05) is 0 Å². The van der Waals surface area contributed by atoms with Crippen LogP contribution in [0.3, 0.4) is 0 Å². The summed E-state index contributed by atoms with van der Waals surface area (Å²) in [4.78, 5) is 11.5. The number of hydrogen-bond acceptors (Lipinski definition) is 1. The van der Waals surface area contributed by atoms with Crippen LogP contribution < -0.4 is 0 Å². The number of allylic oxidation sites excluding steroid dienone is 1. The number of carboxylic acid groups (broad SMARTS) is 1. The van der Waals surface area contributed by atoms with E-state index in [-0.39, 0.29) is 0 Å². The number of aliphatic carboxylic acids is 1. The summed E-state index contributed by atoms with van der Waals surface area (Å²) in [6.45, 7) is 5.86. The minimum absolute atomic E-state index is 0.459. The van der Waals surface area contributed by atoms with E-state index in [1.807, 2.05) is 6.92 Å². The predicted octanol–water partition coefficient (Wildman–Crippen LogP) is 4.16. The van der Waals surface area contributed by atoms with Crippen LogP contribution in [-0.2, 0) is 4.79 Å². The van der Waals surface area contributed by atoms with Gasteiger partial charge >= 0.3 is 5.97 Å². The van der Waals surface area contributed by atoms with Crippen LogP contribution in [0.15, 0.2) is 12.2 Å². The second kappa shape index (κ2) is 6.07. The summed E-state index contributed by atoms with van der Waals surface area (Å²) in [5, 5.41) is 9.49. The normalized spacial score (nSPS) is 20.8. The number of carbonyl (C=O) groups is 1. The number of hydrogen-bond donors (Lipinski definition) is 1. The van der Waals surface area contributed by atoms with Gasteiger partial charge in [0.15, 0.2) is 0 Å². The van der Waals surface area contributed by atoms with Crippen molar-refractivity contribution in [1.29, 1.82) is 0 Å². The van der Waals surface area contributed by atoms with Crippen LogP contribution in [0.2, 0.25) is 0 Å². The van der Waals surface area contributed by atoms with E-state index >= 15 is 0 Å². The fourth-order valence-corrected chi connectivity index (χ4v) is 2.61. The lowest BCUT2D eigenvalue weighted by Gasteiger charge is -2.31. The summed E-state index contributed by atoms with van der Waals surface area (Å²) in [7, 11) is 0. The molecule has 2 nitrogen and oxygen atoms in total. The second-order valence-electron chi connectivity index (χ2n) is 5.31. The molecular formula is C14H24O2. The lowest BCUT2D eigenvalue weighted by atomic mass is 9.72. The van der Waals surface area contributed by atoms with Crippen molar-refractivity contribution in [3.05, 3.63) is 12.2 Å². The third-order valence-corrected chi connectivity index (χ3v) is 3.79. The van der Waals surface area contributed by atoms with Gasteiger partial charge in [0.1, 0.15) is 0 Å². The van der Waals surface area contributed by atoms with Crippen LogP contribution in [0, 0.1) is 5.41 Å². The Balaban J connectivity index is 2.67. The highest BCUT2D eigenvalue weighted by atomic mass is 16.4. The van der Waals surface area contributed by atoms with Gasteiger partial charge in [0.2, 0.25) is 0 Å². The van der Waals surface area contributed by atoms with E-state index in [1.54, 1.807) is 0 Å². The molecule has 2 heteroatoms. The molecule has 0 saturated heterocycles. The molecule has 1 rings (SSSR count). The number of rotatable bonds is 4. The molecule has 0 atom stereocenters. The third-order valence-electron chi connectivity index (χ3n) is 3.79. The maximum absolute atomic E-state index is 11.5. The quantitative estimate of drug-likeness (QED) is 0.728. The molecule has 1 N–H and O–H groups in total. The number of carboxylic acids is 1. The fourth-order valence-electron chi connectivity index (χ4n) is 2.61. The van der Waals surface area contributed by atoms with E-state index in [4.69, 9.17) is 0 Å². The van der Waals surface area contributed by atoms with Crippen LogP contribution in [0.4, 0.5) is 0 Å². The highest BCUT2D eigenvalue weighted by Gasteiger charge is 2.37. The Labute approximate surface area is 98.7 Å². The molecule has 0 heterocycles. The zero-order chi connectivity index (χ0) is 12.0. The van der Waals surface area contributed by atoms with Crippen molar-refractivity contribution in [1.82, 2.24) is 0 Å². The smallest absolute Gasteiger partial charge is 0.309 e. The van der Waals surface area contributed by atoms with Crippen molar-refractivity contribution in [3.8, 4) is 0 Å². The Hall–Kier alpha value is -0.790. The predicted molar refractivity (Wildman–Crippen MR) is 66.4 cm³/mol. The summed E-state index contributed by atoms with van der Waals surface area (Å²) in [6, 6.07) is 0.